The van der Waals surface area contributed by atoms with Crippen molar-refractivity contribution in [2.24, 2.45) is 5.92 Å². The van der Waals surface area contributed by atoms with Gasteiger partial charge in [-0.25, -0.2) is 8.78 Å². The van der Waals surface area contributed by atoms with Gasteiger partial charge in [0.25, 0.3) is 0 Å². The molecule has 4 aromatic rings. The molecule has 6 atom stereocenters. The lowest BCUT2D eigenvalue weighted by Gasteiger charge is -2.48. The van der Waals surface area contributed by atoms with Gasteiger partial charge >= 0.3 is 0 Å². The van der Waals surface area contributed by atoms with Crippen LogP contribution in [0.4, 0.5) is 14.5 Å². The Morgan fingerprint density at radius 1 is 0.857 bits per heavy atom. The number of ketones is 1. The smallest absolute Gasteiger partial charge is 0.233 e. The van der Waals surface area contributed by atoms with Crippen molar-refractivity contribution in [3.8, 4) is 16.9 Å². The number of aliphatic hydroxyl groups is 4. The van der Waals surface area contributed by atoms with Gasteiger partial charge in [-0.05, 0) is 83.6 Å². The third-order valence-corrected chi connectivity index (χ3v) is 8.94. The predicted molar refractivity (Wildman–Crippen MR) is 175 cm³/mol. The zero-order valence-electron chi connectivity index (χ0n) is 26.2. The third kappa shape index (κ3) is 7.25. The van der Waals surface area contributed by atoms with Crippen LogP contribution >= 0.6 is 0 Å². The summed E-state index contributed by atoms with van der Waals surface area (Å²) in [6.45, 7) is -0.317. The van der Waals surface area contributed by atoms with Gasteiger partial charge in [-0.2, -0.15) is 0 Å². The van der Waals surface area contributed by atoms with Gasteiger partial charge in [0.15, 0.2) is 18.0 Å². The van der Waals surface area contributed by atoms with Crippen LogP contribution in [0.3, 0.4) is 0 Å². The normalized spacial score (nSPS) is 23.6. The molecule has 49 heavy (non-hydrogen) atoms. The van der Waals surface area contributed by atoms with Crippen LogP contribution in [0.15, 0.2) is 109 Å². The Hall–Kier alpha value is -4.94. The van der Waals surface area contributed by atoms with E-state index in [0.717, 1.165) is 23.0 Å². The number of hydrogen-bond donors (Lipinski definition) is 4. The van der Waals surface area contributed by atoms with Crippen LogP contribution in [-0.4, -0.2) is 57.0 Å². The Balaban J connectivity index is 1.19. The number of anilines is 1. The molecular formula is C38H35F2NO8. The molecular weight excluding hydrogens is 636 g/mol. The van der Waals surface area contributed by atoms with Gasteiger partial charge in [0.1, 0.15) is 29.8 Å². The number of β-lactam (4-membered cyclic amide) rings is 1. The summed E-state index contributed by atoms with van der Waals surface area (Å²) in [7, 11) is 0. The minimum absolute atomic E-state index is 0.00216. The van der Waals surface area contributed by atoms with E-state index in [-0.39, 0.29) is 37.2 Å². The molecule has 2 aliphatic rings. The number of carbonyl (C=O) groups is 2. The molecule has 2 aliphatic heterocycles. The summed E-state index contributed by atoms with van der Waals surface area (Å²) in [5.41, 5.74) is 3.59. The van der Waals surface area contributed by atoms with E-state index in [0.29, 0.717) is 23.4 Å². The molecule has 0 aliphatic carbocycles. The number of Topliss-reactive ketones (excluding diaryl/α,β-unsaturated/α-hetero) is 1. The number of nitrogens with zero attached hydrogens (tertiary/aromatic N) is 1. The first-order chi connectivity index (χ1) is 23.6. The molecule has 2 fully saturated rings. The van der Waals surface area contributed by atoms with E-state index < -0.39 is 47.8 Å². The van der Waals surface area contributed by atoms with Crippen LogP contribution in [-0.2, 0) is 14.3 Å². The van der Waals surface area contributed by atoms with Gasteiger partial charge < -0.3 is 34.8 Å². The number of ether oxygens (including phenoxy) is 2. The van der Waals surface area contributed by atoms with E-state index >= 15 is 0 Å². The zero-order chi connectivity index (χ0) is 34.7. The summed E-state index contributed by atoms with van der Waals surface area (Å²) < 4.78 is 38.3. The lowest BCUT2D eigenvalue weighted by molar-refractivity contribution is -0.154. The van der Waals surface area contributed by atoms with E-state index in [1.165, 1.54) is 36.4 Å². The summed E-state index contributed by atoms with van der Waals surface area (Å²) >= 11 is 0. The molecule has 0 saturated carbocycles. The van der Waals surface area contributed by atoms with Crippen molar-refractivity contribution in [1.29, 1.82) is 0 Å². The molecule has 1 amide bonds. The minimum Gasteiger partial charge on any atom is -0.485 e. The molecule has 6 rings (SSSR count). The highest BCUT2D eigenvalue weighted by molar-refractivity contribution is 6.03. The van der Waals surface area contributed by atoms with Gasteiger partial charge in [0, 0.05) is 18.7 Å². The molecule has 9 nitrogen and oxygen atoms in total. The number of hydrogen-bond acceptors (Lipinski definition) is 8. The van der Waals surface area contributed by atoms with E-state index in [9.17, 15) is 38.8 Å². The number of aliphatic hydroxyl groups excluding tert-OH is 4. The van der Waals surface area contributed by atoms with Crippen molar-refractivity contribution in [2.45, 2.75) is 49.7 Å². The van der Waals surface area contributed by atoms with Gasteiger partial charge in [-0.15, -0.1) is 0 Å². The van der Waals surface area contributed by atoms with E-state index in [1.807, 2.05) is 30.3 Å². The maximum absolute atomic E-state index is 13.7. The quantitative estimate of drug-likeness (QED) is 0.127. The first-order valence-corrected chi connectivity index (χ1v) is 15.9. The fourth-order valence-electron chi connectivity index (χ4n) is 6.26. The number of benzene rings is 4. The van der Waals surface area contributed by atoms with Crippen LogP contribution < -0.4 is 9.64 Å². The molecule has 0 bridgehead atoms. The number of carbonyl (C=O) groups excluding carboxylic acids is 2. The SMILES string of the molecule is O=C1[C@@H](O)C(CCO)O/C(=C/Oc2cccc(-c3ccc([C@@H]4C(CC[C@H](O)c5ccc(F)cc5)C(=O)N4c4ccc(F)cc4)cc3)c2)[C@H]1O. The second kappa shape index (κ2) is 14.7. The predicted octanol–water partition coefficient (Wildman–Crippen LogP) is 5.14. The van der Waals surface area contributed by atoms with Gasteiger partial charge in [-0.1, -0.05) is 48.5 Å². The maximum Gasteiger partial charge on any atom is 0.233 e. The molecule has 11 heteroatoms. The Morgan fingerprint density at radius 3 is 2.20 bits per heavy atom. The highest BCUT2D eigenvalue weighted by Crippen LogP contribution is 2.46. The standard InChI is InChI=1S/C38H35F2NO8/c39-26-10-8-23(9-11-26)31(43)17-16-30-34(41(38(30)47)28-14-12-27(40)13-15-28)24-6-4-22(5-7-24)25-2-1-3-29(20-25)48-21-33-36(45)37(46)35(44)32(49-33)18-19-42/h1-15,20-21,30-32,34-36,42-45H,16-19H2/b33-21+/t30?,31-,32?,34+,35-,36+/m0/s1. The molecule has 2 saturated heterocycles. The second-order valence-corrected chi connectivity index (χ2v) is 12.1. The monoisotopic (exact) mass is 671 g/mol. The van der Waals surface area contributed by atoms with Crippen molar-refractivity contribution < 1.29 is 48.3 Å². The first-order valence-electron chi connectivity index (χ1n) is 15.9. The molecule has 0 radical (unpaired) electrons. The summed E-state index contributed by atoms with van der Waals surface area (Å²) in [5.74, 6) is -2.04. The first kappa shape index (κ1) is 33.9. The number of amides is 1. The largest absolute Gasteiger partial charge is 0.485 e. The molecule has 4 aromatic carbocycles. The van der Waals surface area contributed by atoms with Crippen LogP contribution in [0.1, 0.15) is 42.5 Å². The average molecular weight is 672 g/mol. The lowest BCUT2D eigenvalue weighted by Crippen LogP contribution is -2.55. The maximum atomic E-state index is 13.7. The fraction of sp³-hybridized carbons (Fsp3) is 0.263. The molecule has 4 N–H and O–H groups in total. The molecule has 2 unspecified atom stereocenters. The summed E-state index contributed by atoms with van der Waals surface area (Å²) in [5, 5.41) is 40.2. The molecule has 2 heterocycles. The lowest BCUT2D eigenvalue weighted by atomic mass is 9.78. The van der Waals surface area contributed by atoms with E-state index in [4.69, 9.17) is 9.47 Å². The van der Waals surface area contributed by atoms with Crippen molar-refractivity contribution in [2.75, 3.05) is 11.5 Å². The van der Waals surface area contributed by atoms with Crippen molar-refractivity contribution >= 4 is 17.4 Å². The van der Waals surface area contributed by atoms with Crippen LogP contribution in [0.2, 0.25) is 0 Å². The Morgan fingerprint density at radius 2 is 1.53 bits per heavy atom. The summed E-state index contributed by atoms with van der Waals surface area (Å²) in [4.78, 5) is 27.3. The molecule has 0 spiro atoms. The summed E-state index contributed by atoms with van der Waals surface area (Å²) in [6.07, 6.45) is -3.38. The van der Waals surface area contributed by atoms with Gasteiger partial charge in [0.2, 0.25) is 11.7 Å². The van der Waals surface area contributed by atoms with Crippen LogP contribution in [0.25, 0.3) is 11.1 Å². The van der Waals surface area contributed by atoms with Crippen molar-refractivity contribution in [3.05, 3.63) is 132 Å². The average Bonchev–Trinajstić information content (AvgIpc) is 3.11. The third-order valence-electron chi connectivity index (χ3n) is 8.94. The van der Waals surface area contributed by atoms with Crippen molar-refractivity contribution in [1.82, 2.24) is 0 Å². The van der Waals surface area contributed by atoms with Gasteiger partial charge in [-0.3, -0.25) is 9.59 Å². The number of halogens is 2. The fourth-order valence-corrected chi connectivity index (χ4v) is 6.26. The Kier molecular flexibility index (Phi) is 10.2. The van der Waals surface area contributed by atoms with Gasteiger partial charge in [0.05, 0.1) is 18.1 Å². The minimum atomic E-state index is -1.71. The zero-order valence-corrected chi connectivity index (χ0v) is 26.2. The topological polar surface area (TPSA) is 137 Å². The Bertz CT molecular complexity index is 1810. The van der Waals surface area contributed by atoms with Crippen LogP contribution in [0, 0.1) is 17.6 Å². The Labute approximate surface area is 281 Å². The highest BCUT2D eigenvalue weighted by atomic mass is 19.1. The highest BCUT2D eigenvalue weighted by Gasteiger charge is 2.48. The molecule has 0 aromatic heterocycles. The van der Waals surface area contributed by atoms with E-state index in [1.54, 1.807) is 35.2 Å². The number of rotatable bonds is 11. The molecule has 254 valence electrons. The van der Waals surface area contributed by atoms with Crippen molar-refractivity contribution in [3.63, 3.8) is 0 Å². The summed E-state index contributed by atoms with van der Waals surface area (Å²) in [6, 6.07) is 25.6. The van der Waals surface area contributed by atoms with E-state index in [2.05, 4.69) is 0 Å². The van der Waals surface area contributed by atoms with Crippen LogP contribution in [0.5, 0.6) is 5.75 Å². The second-order valence-electron chi connectivity index (χ2n) is 12.1.